The number of ether oxygens (including phenoxy) is 1. The van der Waals surface area contributed by atoms with E-state index >= 15 is 0 Å². The highest BCUT2D eigenvalue weighted by atomic mass is 16.5. The van der Waals surface area contributed by atoms with Gasteiger partial charge in [0.25, 0.3) is 0 Å². The molecule has 0 aromatic heterocycles. The van der Waals surface area contributed by atoms with Crippen LogP contribution in [0.5, 0.6) is 0 Å². The zero-order chi connectivity index (χ0) is 10.6. The molecule has 0 saturated carbocycles. The Morgan fingerprint density at radius 3 is 1.80 bits per heavy atom. The first kappa shape index (κ1) is 14.9. The first-order chi connectivity index (χ1) is 6.72. The van der Waals surface area contributed by atoms with Gasteiger partial charge in [-0.05, 0) is 39.8 Å². The Morgan fingerprint density at radius 2 is 1.53 bits per heavy atom. The second kappa shape index (κ2) is 6.49. The van der Waals surface area contributed by atoms with E-state index in [4.69, 9.17) is 4.74 Å². The van der Waals surface area contributed by atoms with E-state index in [0.717, 1.165) is 19.3 Å². The van der Waals surface area contributed by atoms with E-state index in [9.17, 15) is 0 Å². The van der Waals surface area contributed by atoms with Crippen LogP contribution in [0.4, 0.5) is 0 Å². The summed E-state index contributed by atoms with van der Waals surface area (Å²) in [7, 11) is 0. The summed E-state index contributed by atoms with van der Waals surface area (Å²) in [5, 5.41) is 0. The molecule has 2 aliphatic heterocycles. The van der Waals surface area contributed by atoms with Crippen LogP contribution < -0.4 is 0 Å². The molecule has 0 bridgehead atoms. The number of nitrogens with zero attached hydrogens (tertiary/aromatic N) is 1. The van der Waals surface area contributed by atoms with Gasteiger partial charge in [-0.1, -0.05) is 21.3 Å². The highest BCUT2D eigenvalue weighted by Crippen LogP contribution is 2.38. The first-order valence-electron chi connectivity index (χ1n) is 6.04. The molecule has 0 aromatic rings. The zero-order valence-electron chi connectivity index (χ0n) is 10.2. The standard InChI is InChI=1S/C10H19NO.C2H6.CH4/c1-9(2)11-5-3-10(4-6-11)7-12-8-10;1-2;/h9H,3-8H2,1-2H3;1-2H3;1H4. The second-order valence-corrected chi connectivity index (χ2v) is 4.62. The molecular weight excluding hydrogens is 186 g/mol. The molecule has 2 heteroatoms. The normalized spacial score (nSPS) is 23.8. The van der Waals surface area contributed by atoms with Crippen LogP contribution in [0.3, 0.4) is 0 Å². The molecule has 2 saturated heterocycles. The Kier molecular flexibility index (Phi) is 6.46. The third kappa shape index (κ3) is 3.46. The lowest BCUT2D eigenvalue weighted by molar-refractivity contribution is -0.141. The van der Waals surface area contributed by atoms with Crippen molar-refractivity contribution in [2.75, 3.05) is 26.3 Å². The lowest BCUT2D eigenvalue weighted by Crippen LogP contribution is -2.52. The molecule has 0 radical (unpaired) electrons. The van der Waals surface area contributed by atoms with Crippen LogP contribution >= 0.6 is 0 Å². The van der Waals surface area contributed by atoms with Gasteiger partial charge in [-0.25, -0.2) is 0 Å². The van der Waals surface area contributed by atoms with Gasteiger partial charge < -0.3 is 9.64 Å². The summed E-state index contributed by atoms with van der Waals surface area (Å²) in [5.74, 6) is 0. The van der Waals surface area contributed by atoms with Crippen molar-refractivity contribution in [3.05, 3.63) is 0 Å². The van der Waals surface area contributed by atoms with Gasteiger partial charge in [-0.3, -0.25) is 0 Å². The Morgan fingerprint density at radius 1 is 1.07 bits per heavy atom. The molecule has 0 amide bonds. The monoisotopic (exact) mass is 215 g/mol. The van der Waals surface area contributed by atoms with Crippen molar-refractivity contribution in [1.29, 1.82) is 0 Å². The first-order valence-corrected chi connectivity index (χ1v) is 6.04. The molecule has 2 heterocycles. The van der Waals surface area contributed by atoms with E-state index in [1.54, 1.807) is 0 Å². The van der Waals surface area contributed by atoms with Crippen LogP contribution in [0.15, 0.2) is 0 Å². The second-order valence-electron chi connectivity index (χ2n) is 4.62. The Labute approximate surface area is 96.0 Å². The fourth-order valence-corrected chi connectivity index (χ4v) is 2.19. The van der Waals surface area contributed by atoms with Crippen molar-refractivity contribution >= 4 is 0 Å². The van der Waals surface area contributed by atoms with Crippen LogP contribution in [0.25, 0.3) is 0 Å². The van der Waals surface area contributed by atoms with Crippen LogP contribution in [0.2, 0.25) is 0 Å². The summed E-state index contributed by atoms with van der Waals surface area (Å²) in [6, 6.07) is 0.725. The van der Waals surface area contributed by atoms with Crippen molar-refractivity contribution in [2.24, 2.45) is 5.41 Å². The Hall–Kier alpha value is -0.0800. The van der Waals surface area contributed by atoms with E-state index < -0.39 is 0 Å². The van der Waals surface area contributed by atoms with Crippen molar-refractivity contribution in [1.82, 2.24) is 4.90 Å². The summed E-state index contributed by atoms with van der Waals surface area (Å²) >= 11 is 0. The Bertz CT molecular complexity index is 154. The minimum atomic E-state index is 0. The molecule has 15 heavy (non-hydrogen) atoms. The lowest BCUT2D eigenvalue weighted by Gasteiger charge is -2.48. The van der Waals surface area contributed by atoms with Crippen molar-refractivity contribution in [2.45, 2.75) is 54.0 Å². The maximum absolute atomic E-state index is 5.29. The molecule has 2 fully saturated rings. The average Bonchev–Trinajstić information content (AvgIpc) is 2.19. The van der Waals surface area contributed by atoms with Gasteiger partial charge in [-0.15, -0.1) is 0 Å². The maximum atomic E-state index is 5.29. The number of rotatable bonds is 1. The molecule has 1 spiro atoms. The van der Waals surface area contributed by atoms with Crippen molar-refractivity contribution in [3.63, 3.8) is 0 Å². The molecule has 0 atom stereocenters. The smallest absolute Gasteiger partial charge is 0.0545 e. The van der Waals surface area contributed by atoms with Gasteiger partial charge in [0.15, 0.2) is 0 Å². The maximum Gasteiger partial charge on any atom is 0.0545 e. The van der Waals surface area contributed by atoms with Gasteiger partial charge in [0, 0.05) is 11.5 Å². The number of hydrogen-bond acceptors (Lipinski definition) is 2. The molecule has 92 valence electrons. The highest BCUT2D eigenvalue weighted by Gasteiger charge is 2.41. The van der Waals surface area contributed by atoms with Crippen LogP contribution in [-0.2, 0) is 4.74 Å². The molecule has 2 nitrogen and oxygen atoms in total. The van der Waals surface area contributed by atoms with E-state index in [-0.39, 0.29) is 7.43 Å². The van der Waals surface area contributed by atoms with Gasteiger partial charge >= 0.3 is 0 Å². The average molecular weight is 215 g/mol. The highest BCUT2D eigenvalue weighted by molar-refractivity contribution is 4.91. The van der Waals surface area contributed by atoms with Crippen molar-refractivity contribution < 1.29 is 4.74 Å². The van der Waals surface area contributed by atoms with E-state index in [2.05, 4.69) is 18.7 Å². The summed E-state index contributed by atoms with van der Waals surface area (Å²) in [6.45, 7) is 13.2. The molecular formula is C13H29NO. The van der Waals surface area contributed by atoms with Gasteiger partial charge in [0.1, 0.15) is 0 Å². The molecule has 0 unspecified atom stereocenters. The quantitative estimate of drug-likeness (QED) is 0.666. The zero-order valence-corrected chi connectivity index (χ0v) is 10.2. The largest absolute Gasteiger partial charge is 0.380 e. The SMILES string of the molecule is C.CC.CC(C)N1CCC2(CC1)COC2. The van der Waals surface area contributed by atoms with E-state index in [1.807, 2.05) is 13.8 Å². The fraction of sp³-hybridized carbons (Fsp3) is 1.00. The molecule has 0 aliphatic carbocycles. The van der Waals surface area contributed by atoms with E-state index in [0.29, 0.717) is 5.41 Å². The van der Waals surface area contributed by atoms with E-state index in [1.165, 1.54) is 25.9 Å². The summed E-state index contributed by atoms with van der Waals surface area (Å²) < 4.78 is 5.29. The predicted molar refractivity (Wildman–Crippen MR) is 67.3 cm³/mol. The van der Waals surface area contributed by atoms with Crippen LogP contribution in [-0.4, -0.2) is 37.2 Å². The van der Waals surface area contributed by atoms with Gasteiger partial charge in [0.2, 0.25) is 0 Å². The molecule has 0 aromatic carbocycles. The number of likely N-dealkylation sites (tertiary alicyclic amines) is 1. The fourth-order valence-electron chi connectivity index (χ4n) is 2.19. The number of piperidine rings is 1. The summed E-state index contributed by atoms with van der Waals surface area (Å²) in [4.78, 5) is 2.57. The van der Waals surface area contributed by atoms with Crippen LogP contribution in [0, 0.1) is 5.41 Å². The molecule has 0 N–H and O–H groups in total. The topological polar surface area (TPSA) is 12.5 Å². The lowest BCUT2D eigenvalue weighted by atomic mass is 9.76. The van der Waals surface area contributed by atoms with Gasteiger partial charge in [0.05, 0.1) is 13.2 Å². The minimum Gasteiger partial charge on any atom is -0.380 e. The number of hydrogen-bond donors (Lipinski definition) is 0. The summed E-state index contributed by atoms with van der Waals surface area (Å²) in [6.07, 6.45) is 2.70. The third-order valence-corrected chi connectivity index (χ3v) is 3.41. The molecule has 2 aliphatic rings. The van der Waals surface area contributed by atoms with Crippen LogP contribution in [0.1, 0.15) is 48.0 Å². The Balaban J connectivity index is 0.000000617. The minimum absolute atomic E-state index is 0. The predicted octanol–water partition coefficient (Wildman–Crippen LogP) is 3.17. The van der Waals surface area contributed by atoms with Crippen molar-refractivity contribution in [3.8, 4) is 0 Å². The molecule has 2 rings (SSSR count). The van der Waals surface area contributed by atoms with Gasteiger partial charge in [-0.2, -0.15) is 0 Å². The summed E-state index contributed by atoms with van der Waals surface area (Å²) in [5.41, 5.74) is 0.603. The third-order valence-electron chi connectivity index (χ3n) is 3.41.